The van der Waals surface area contributed by atoms with Crippen LogP contribution in [0.15, 0.2) is 17.0 Å². The Hall–Kier alpha value is -1.18. The summed E-state index contributed by atoms with van der Waals surface area (Å²) in [5.41, 5.74) is -0.743. The van der Waals surface area contributed by atoms with Crippen LogP contribution < -0.4 is 0 Å². The zero-order valence-electron chi connectivity index (χ0n) is 10.5. The number of rotatable bonds is 3. The van der Waals surface area contributed by atoms with Crippen molar-refractivity contribution < 1.29 is 22.7 Å². The van der Waals surface area contributed by atoms with Crippen LogP contribution in [-0.4, -0.2) is 36.9 Å². The zero-order valence-corrected chi connectivity index (χ0v) is 12.0. The van der Waals surface area contributed by atoms with Gasteiger partial charge in [0.1, 0.15) is 0 Å². The summed E-state index contributed by atoms with van der Waals surface area (Å²) in [5.74, 6) is -2.68. The summed E-state index contributed by atoms with van der Waals surface area (Å²) in [6.45, 7) is 0.749. The number of halogens is 2. The van der Waals surface area contributed by atoms with Crippen molar-refractivity contribution in [1.82, 2.24) is 4.31 Å². The Morgan fingerprint density at radius 3 is 2.40 bits per heavy atom. The number of nitrogens with zero attached hydrogens (tertiary/aromatic N) is 1. The lowest BCUT2D eigenvalue weighted by Crippen LogP contribution is -2.35. The highest BCUT2D eigenvalue weighted by molar-refractivity contribution is 7.89. The second kappa shape index (κ2) is 5.67. The third-order valence-electron chi connectivity index (χ3n) is 3.18. The van der Waals surface area contributed by atoms with E-state index in [-0.39, 0.29) is 4.90 Å². The van der Waals surface area contributed by atoms with Gasteiger partial charge in [0.2, 0.25) is 10.0 Å². The predicted octanol–water partition coefficient (Wildman–Crippen LogP) is 2.35. The van der Waals surface area contributed by atoms with Gasteiger partial charge in [0.05, 0.1) is 15.5 Å². The topological polar surface area (TPSA) is 74.7 Å². The summed E-state index contributed by atoms with van der Waals surface area (Å²) in [5, 5.41) is 8.37. The monoisotopic (exact) mass is 321 g/mol. The quantitative estimate of drug-likeness (QED) is 0.927. The van der Waals surface area contributed by atoms with Crippen LogP contribution in [0.3, 0.4) is 0 Å². The van der Waals surface area contributed by atoms with Crippen molar-refractivity contribution in [2.24, 2.45) is 0 Å². The maximum absolute atomic E-state index is 13.5. The maximum atomic E-state index is 13.5. The predicted molar refractivity (Wildman–Crippen MR) is 71.0 cm³/mol. The van der Waals surface area contributed by atoms with Gasteiger partial charge >= 0.3 is 5.97 Å². The molecule has 0 aromatic heterocycles. The molecule has 0 bridgehead atoms. The van der Waals surface area contributed by atoms with Gasteiger partial charge < -0.3 is 5.11 Å². The second-order valence-electron chi connectivity index (χ2n) is 4.54. The highest BCUT2D eigenvalue weighted by Crippen LogP contribution is 2.27. The first-order chi connectivity index (χ1) is 9.34. The first-order valence-corrected chi connectivity index (χ1v) is 7.88. The van der Waals surface area contributed by atoms with Gasteiger partial charge in [0.25, 0.3) is 0 Å². The maximum Gasteiger partial charge on any atom is 0.338 e. The molecule has 0 saturated carbocycles. The molecule has 0 spiro atoms. The minimum Gasteiger partial charge on any atom is -0.478 e. The molecule has 110 valence electrons. The Balaban J connectivity index is 2.49. The molecule has 0 amide bonds. The molecule has 1 saturated heterocycles. The molecule has 8 heteroatoms. The fraction of sp³-hybridized carbons (Fsp3) is 0.417. The first-order valence-electron chi connectivity index (χ1n) is 6.06. The van der Waals surface area contributed by atoms with Crippen molar-refractivity contribution in [3.8, 4) is 0 Å². The first kappa shape index (κ1) is 15.2. The van der Waals surface area contributed by atoms with Gasteiger partial charge in [-0.1, -0.05) is 18.0 Å². The molecule has 1 N–H and O–H groups in total. The van der Waals surface area contributed by atoms with E-state index >= 15 is 0 Å². The van der Waals surface area contributed by atoms with Gasteiger partial charge in [-0.3, -0.25) is 0 Å². The summed E-state index contributed by atoms with van der Waals surface area (Å²) >= 11 is 5.59. The minimum absolute atomic E-state index is 0.289. The number of hydrogen-bond acceptors (Lipinski definition) is 3. The molecule has 0 radical (unpaired) electrons. The van der Waals surface area contributed by atoms with E-state index in [9.17, 15) is 17.6 Å². The largest absolute Gasteiger partial charge is 0.478 e. The molecule has 1 aliphatic heterocycles. The number of hydrogen-bond donors (Lipinski definition) is 1. The van der Waals surface area contributed by atoms with Crippen molar-refractivity contribution in [2.45, 2.75) is 24.2 Å². The van der Waals surface area contributed by atoms with E-state index in [1.54, 1.807) is 0 Å². The van der Waals surface area contributed by atoms with Gasteiger partial charge in [0.15, 0.2) is 5.82 Å². The number of benzene rings is 1. The van der Waals surface area contributed by atoms with Crippen LogP contribution in [0.1, 0.15) is 29.6 Å². The summed E-state index contributed by atoms with van der Waals surface area (Å²) in [7, 11) is -3.84. The molecule has 1 aliphatic rings. The van der Waals surface area contributed by atoms with Crippen molar-refractivity contribution in [1.29, 1.82) is 0 Å². The van der Waals surface area contributed by atoms with Gasteiger partial charge in [-0.15, -0.1) is 0 Å². The third-order valence-corrected chi connectivity index (χ3v) is 5.34. The number of carbonyl (C=O) groups is 1. The number of sulfonamides is 1. The summed E-state index contributed by atoms with van der Waals surface area (Å²) in [6, 6.07) is 1.76. The summed E-state index contributed by atoms with van der Waals surface area (Å²) < 4.78 is 39.6. The molecular weight excluding hydrogens is 309 g/mol. The van der Waals surface area contributed by atoms with Crippen LogP contribution in [0.25, 0.3) is 0 Å². The minimum atomic E-state index is -3.84. The molecular formula is C12H13ClFNO4S. The van der Waals surface area contributed by atoms with Crippen LogP contribution >= 0.6 is 11.6 Å². The van der Waals surface area contributed by atoms with E-state index in [1.165, 1.54) is 4.31 Å². The molecule has 1 heterocycles. The van der Waals surface area contributed by atoms with Gasteiger partial charge in [-0.25, -0.2) is 17.6 Å². The van der Waals surface area contributed by atoms with E-state index in [0.29, 0.717) is 13.1 Å². The number of piperidine rings is 1. The standard InChI is InChI=1S/C12H13ClFNO4S/c13-10-7-8(6-9(11(10)14)12(16)17)20(18,19)15-4-2-1-3-5-15/h6-7H,1-5H2,(H,16,17). The second-order valence-corrected chi connectivity index (χ2v) is 6.88. The molecule has 1 aromatic carbocycles. The lowest BCUT2D eigenvalue weighted by molar-refractivity contribution is 0.0691. The van der Waals surface area contributed by atoms with E-state index in [4.69, 9.17) is 16.7 Å². The number of carboxylic acids is 1. The Bertz CT molecular complexity index is 641. The Labute approximate surface area is 121 Å². The van der Waals surface area contributed by atoms with Crippen molar-refractivity contribution in [3.05, 3.63) is 28.5 Å². The molecule has 2 rings (SSSR count). The van der Waals surface area contributed by atoms with Crippen LogP contribution in [-0.2, 0) is 10.0 Å². The summed E-state index contributed by atoms with van der Waals surface area (Å²) in [4.78, 5) is 10.6. The fourth-order valence-electron chi connectivity index (χ4n) is 2.12. The Morgan fingerprint density at radius 1 is 1.25 bits per heavy atom. The number of aromatic carboxylic acids is 1. The smallest absolute Gasteiger partial charge is 0.338 e. The fourth-order valence-corrected chi connectivity index (χ4v) is 3.98. The summed E-state index contributed by atoms with van der Waals surface area (Å²) in [6.07, 6.45) is 2.45. The van der Waals surface area contributed by atoms with Crippen LogP contribution in [0.2, 0.25) is 5.02 Å². The SMILES string of the molecule is O=C(O)c1cc(S(=O)(=O)N2CCCCC2)cc(Cl)c1F. The van der Waals surface area contributed by atoms with Crippen molar-refractivity contribution in [2.75, 3.05) is 13.1 Å². The number of carboxylic acid groups (broad SMARTS) is 1. The van der Waals surface area contributed by atoms with Crippen LogP contribution in [0.5, 0.6) is 0 Å². The average Bonchev–Trinajstić information content (AvgIpc) is 2.42. The lowest BCUT2D eigenvalue weighted by atomic mass is 10.2. The van der Waals surface area contributed by atoms with E-state index in [2.05, 4.69) is 0 Å². The Morgan fingerprint density at radius 2 is 1.85 bits per heavy atom. The van der Waals surface area contributed by atoms with Crippen LogP contribution in [0, 0.1) is 5.82 Å². The highest BCUT2D eigenvalue weighted by atomic mass is 35.5. The van der Waals surface area contributed by atoms with Crippen LogP contribution in [0.4, 0.5) is 4.39 Å². The Kier molecular flexibility index (Phi) is 4.31. The van der Waals surface area contributed by atoms with Gasteiger partial charge in [0, 0.05) is 13.1 Å². The average molecular weight is 322 g/mol. The zero-order chi connectivity index (χ0) is 14.9. The molecule has 20 heavy (non-hydrogen) atoms. The van der Waals surface area contributed by atoms with Crippen molar-refractivity contribution in [3.63, 3.8) is 0 Å². The van der Waals surface area contributed by atoms with E-state index in [1.807, 2.05) is 0 Å². The van der Waals surface area contributed by atoms with Gasteiger partial charge in [-0.05, 0) is 25.0 Å². The van der Waals surface area contributed by atoms with E-state index < -0.39 is 32.4 Å². The van der Waals surface area contributed by atoms with E-state index in [0.717, 1.165) is 31.4 Å². The molecule has 1 aromatic rings. The van der Waals surface area contributed by atoms with Gasteiger partial charge in [-0.2, -0.15) is 4.31 Å². The molecule has 1 fully saturated rings. The normalized spacial score (nSPS) is 17.1. The molecule has 0 aliphatic carbocycles. The molecule has 0 atom stereocenters. The highest BCUT2D eigenvalue weighted by Gasteiger charge is 2.28. The molecule has 0 unspecified atom stereocenters. The third kappa shape index (κ3) is 2.79. The molecule has 5 nitrogen and oxygen atoms in total. The van der Waals surface area contributed by atoms with Crippen molar-refractivity contribution >= 4 is 27.6 Å². The lowest BCUT2D eigenvalue weighted by Gasteiger charge is -2.26.